The summed E-state index contributed by atoms with van der Waals surface area (Å²) in [6, 6.07) is 12.4. The van der Waals surface area contributed by atoms with Crippen LogP contribution in [0.25, 0.3) is 11.5 Å². The van der Waals surface area contributed by atoms with Crippen molar-refractivity contribution in [1.29, 1.82) is 0 Å². The van der Waals surface area contributed by atoms with Gasteiger partial charge in [-0.2, -0.15) is 0 Å². The topological polar surface area (TPSA) is 105 Å². The highest BCUT2D eigenvalue weighted by Crippen LogP contribution is 2.41. The molecule has 0 saturated heterocycles. The predicted molar refractivity (Wildman–Crippen MR) is 114 cm³/mol. The van der Waals surface area contributed by atoms with E-state index in [0.29, 0.717) is 48.4 Å². The van der Waals surface area contributed by atoms with E-state index in [1.54, 1.807) is 24.3 Å². The van der Waals surface area contributed by atoms with E-state index in [0.717, 1.165) is 0 Å². The van der Waals surface area contributed by atoms with Crippen LogP contribution < -0.4 is 24.3 Å². The molecule has 0 unspecified atom stereocenters. The first kappa shape index (κ1) is 21.9. The number of carbonyl (C=O) groups excluding carboxylic acids is 1. The first-order valence-corrected chi connectivity index (χ1v) is 10.0. The second-order valence-electron chi connectivity index (χ2n) is 6.16. The van der Waals surface area contributed by atoms with E-state index in [1.165, 1.54) is 0 Å². The molecule has 0 aliphatic heterocycles. The van der Waals surface area contributed by atoms with Crippen LogP contribution in [-0.4, -0.2) is 42.5 Å². The summed E-state index contributed by atoms with van der Waals surface area (Å²) < 4.78 is 28.1. The number of aromatic nitrogens is 2. The van der Waals surface area contributed by atoms with Crippen molar-refractivity contribution in [3.05, 3.63) is 42.5 Å². The van der Waals surface area contributed by atoms with Gasteiger partial charge < -0.3 is 23.4 Å². The van der Waals surface area contributed by atoms with Crippen LogP contribution in [-0.2, 0) is 4.79 Å². The van der Waals surface area contributed by atoms with Crippen molar-refractivity contribution < 1.29 is 28.2 Å². The van der Waals surface area contributed by atoms with Crippen LogP contribution >= 0.6 is 0 Å². The predicted octanol–water partition coefficient (Wildman–Crippen LogP) is 3.95. The highest BCUT2D eigenvalue weighted by molar-refractivity contribution is 5.89. The monoisotopic (exact) mass is 427 g/mol. The van der Waals surface area contributed by atoms with Crippen molar-refractivity contribution in [2.45, 2.75) is 20.8 Å². The van der Waals surface area contributed by atoms with Crippen LogP contribution in [0.15, 0.2) is 46.9 Å². The fourth-order valence-corrected chi connectivity index (χ4v) is 2.72. The number of nitrogens with zero attached hydrogens (tertiary/aromatic N) is 2. The molecular weight excluding hydrogens is 402 g/mol. The van der Waals surface area contributed by atoms with E-state index in [1.807, 2.05) is 39.0 Å². The van der Waals surface area contributed by atoms with E-state index in [2.05, 4.69) is 15.5 Å². The molecule has 0 bridgehead atoms. The van der Waals surface area contributed by atoms with Crippen LogP contribution in [0.5, 0.6) is 23.0 Å². The number of amides is 1. The lowest BCUT2D eigenvalue weighted by Crippen LogP contribution is -2.20. The number of hydrogen-bond acceptors (Lipinski definition) is 8. The lowest BCUT2D eigenvalue weighted by atomic mass is 10.2. The Bertz CT molecular complexity index is 963. The molecule has 0 fully saturated rings. The second kappa shape index (κ2) is 10.9. The Morgan fingerprint density at radius 2 is 1.55 bits per heavy atom. The van der Waals surface area contributed by atoms with Gasteiger partial charge in [0.1, 0.15) is 5.75 Å². The van der Waals surface area contributed by atoms with Gasteiger partial charge in [-0.05, 0) is 45.0 Å². The molecule has 2 aromatic carbocycles. The van der Waals surface area contributed by atoms with Gasteiger partial charge >= 0.3 is 6.01 Å². The molecule has 31 heavy (non-hydrogen) atoms. The van der Waals surface area contributed by atoms with Crippen molar-refractivity contribution in [3.63, 3.8) is 0 Å². The lowest BCUT2D eigenvalue weighted by molar-refractivity contribution is -0.118. The number of anilines is 1. The maximum Gasteiger partial charge on any atom is 0.322 e. The molecule has 9 heteroatoms. The largest absolute Gasteiger partial charge is 0.490 e. The Kier molecular flexibility index (Phi) is 7.69. The summed E-state index contributed by atoms with van der Waals surface area (Å²) in [5, 5.41) is 10.4. The van der Waals surface area contributed by atoms with Crippen molar-refractivity contribution in [3.8, 4) is 34.5 Å². The third kappa shape index (κ3) is 5.88. The summed E-state index contributed by atoms with van der Waals surface area (Å²) >= 11 is 0. The highest BCUT2D eigenvalue weighted by atomic mass is 16.5. The van der Waals surface area contributed by atoms with Crippen LogP contribution in [0.3, 0.4) is 0 Å². The fourth-order valence-electron chi connectivity index (χ4n) is 2.72. The summed E-state index contributed by atoms with van der Waals surface area (Å²) in [6.07, 6.45) is 0. The molecule has 1 aromatic heterocycles. The molecule has 0 aliphatic rings. The van der Waals surface area contributed by atoms with Crippen LogP contribution in [0.4, 0.5) is 6.01 Å². The van der Waals surface area contributed by atoms with Gasteiger partial charge in [0.25, 0.3) is 5.91 Å². The van der Waals surface area contributed by atoms with Crippen molar-refractivity contribution >= 4 is 11.9 Å². The number of rotatable bonds is 11. The first-order valence-electron chi connectivity index (χ1n) is 10.0. The minimum absolute atomic E-state index is 0.0403. The van der Waals surface area contributed by atoms with E-state index in [-0.39, 0.29) is 18.5 Å². The first-order chi connectivity index (χ1) is 15.1. The third-order valence-corrected chi connectivity index (χ3v) is 3.94. The van der Waals surface area contributed by atoms with E-state index in [4.69, 9.17) is 23.4 Å². The average molecular weight is 427 g/mol. The summed E-state index contributed by atoms with van der Waals surface area (Å²) in [7, 11) is 0. The molecule has 1 N–H and O–H groups in total. The Balaban J connectivity index is 1.75. The molecule has 0 saturated carbocycles. The summed E-state index contributed by atoms with van der Waals surface area (Å²) in [5.41, 5.74) is 0.573. The highest BCUT2D eigenvalue weighted by Gasteiger charge is 2.19. The molecular formula is C22H25N3O6. The van der Waals surface area contributed by atoms with Gasteiger partial charge in [0.2, 0.25) is 11.6 Å². The lowest BCUT2D eigenvalue weighted by Gasteiger charge is -2.16. The summed E-state index contributed by atoms with van der Waals surface area (Å²) in [5.74, 6) is 1.89. The minimum atomic E-state index is -0.421. The summed E-state index contributed by atoms with van der Waals surface area (Å²) in [4.78, 5) is 12.1. The van der Waals surface area contributed by atoms with Gasteiger partial charge in [0.05, 0.1) is 19.8 Å². The number of hydrogen-bond donors (Lipinski definition) is 1. The van der Waals surface area contributed by atoms with Crippen molar-refractivity contribution in [1.82, 2.24) is 10.2 Å². The number of ether oxygens (including phenoxy) is 4. The van der Waals surface area contributed by atoms with Crippen molar-refractivity contribution in [2.24, 2.45) is 0 Å². The SMILES string of the molecule is CCOc1cc(-c2nnc(NC(=O)COc3ccccc3)o2)cc(OCC)c1OCC. The zero-order valence-electron chi connectivity index (χ0n) is 17.7. The molecule has 3 rings (SSSR count). The number of carbonyl (C=O) groups is 1. The van der Waals surface area contributed by atoms with Gasteiger partial charge in [-0.3, -0.25) is 10.1 Å². The number of nitrogens with one attached hydrogen (secondary N) is 1. The normalized spacial score (nSPS) is 10.4. The van der Waals surface area contributed by atoms with Gasteiger partial charge in [-0.1, -0.05) is 23.3 Å². The summed E-state index contributed by atoms with van der Waals surface area (Å²) in [6.45, 7) is 6.80. The molecule has 1 amide bonds. The van der Waals surface area contributed by atoms with Gasteiger partial charge in [-0.15, -0.1) is 5.10 Å². The maximum atomic E-state index is 12.1. The van der Waals surface area contributed by atoms with Crippen molar-refractivity contribution in [2.75, 3.05) is 31.7 Å². The number of benzene rings is 2. The molecule has 9 nitrogen and oxygen atoms in total. The molecule has 0 spiro atoms. The Morgan fingerprint density at radius 3 is 2.16 bits per heavy atom. The molecule has 0 radical (unpaired) electrons. The molecule has 0 aliphatic carbocycles. The fraction of sp³-hybridized carbons (Fsp3) is 0.318. The van der Waals surface area contributed by atoms with Crippen LogP contribution in [0.1, 0.15) is 20.8 Å². The zero-order valence-corrected chi connectivity index (χ0v) is 17.7. The van der Waals surface area contributed by atoms with Gasteiger partial charge in [0.15, 0.2) is 18.1 Å². The second-order valence-corrected chi connectivity index (χ2v) is 6.16. The van der Waals surface area contributed by atoms with Gasteiger partial charge in [-0.25, -0.2) is 0 Å². The van der Waals surface area contributed by atoms with E-state index < -0.39 is 5.91 Å². The van der Waals surface area contributed by atoms with E-state index in [9.17, 15) is 4.79 Å². The zero-order chi connectivity index (χ0) is 22.1. The Morgan fingerprint density at radius 1 is 0.903 bits per heavy atom. The van der Waals surface area contributed by atoms with E-state index >= 15 is 0 Å². The molecule has 3 aromatic rings. The smallest absolute Gasteiger partial charge is 0.322 e. The molecule has 164 valence electrons. The van der Waals surface area contributed by atoms with Crippen LogP contribution in [0, 0.1) is 0 Å². The Hall–Kier alpha value is -3.75. The molecule has 0 atom stereocenters. The standard InChI is InChI=1S/C22H25N3O6/c1-4-27-17-12-15(13-18(28-5-2)20(17)29-6-3)21-24-25-22(31-21)23-19(26)14-30-16-10-8-7-9-11-16/h7-13H,4-6,14H2,1-3H3,(H,23,25,26). The molecule has 1 heterocycles. The minimum Gasteiger partial charge on any atom is -0.490 e. The van der Waals surface area contributed by atoms with Crippen LogP contribution in [0.2, 0.25) is 0 Å². The Labute approximate surface area is 180 Å². The quantitative estimate of drug-likeness (QED) is 0.490. The number of para-hydroxylation sites is 1. The maximum absolute atomic E-state index is 12.1. The van der Waals surface area contributed by atoms with Gasteiger partial charge in [0, 0.05) is 5.56 Å². The third-order valence-electron chi connectivity index (χ3n) is 3.94. The average Bonchev–Trinajstić information content (AvgIpc) is 3.24.